The van der Waals surface area contributed by atoms with Crippen LogP contribution in [0.3, 0.4) is 0 Å². The number of hydrogen-bond donors (Lipinski definition) is 2. The van der Waals surface area contributed by atoms with E-state index in [1.54, 1.807) is 14.2 Å². The summed E-state index contributed by atoms with van der Waals surface area (Å²) in [5.74, 6) is 0. The van der Waals surface area contributed by atoms with Gasteiger partial charge in [0.2, 0.25) is 0 Å². The van der Waals surface area contributed by atoms with Crippen molar-refractivity contribution in [2.75, 3.05) is 53.7 Å². The van der Waals surface area contributed by atoms with E-state index in [2.05, 4.69) is 24.1 Å². The summed E-state index contributed by atoms with van der Waals surface area (Å²) in [6.07, 6.45) is 0.933. The average Bonchev–Trinajstić information content (AvgIpc) is 2.35. The summed E-state index contributed by atoms with van der Waals surface area (Å²) < 4.78 is 10.2. The Morgan fingerprint density at radius 3 is 2.00 bits per heavy atom. The number of ether oxygens (including phenoxy) is 2. The highest BCUT2D eigenvalue weighted by Gasteiger charge is 2.11. The molecule has 0 fully saturated rings. The van der Waals surface area contributed by atoms with Gasteiger partial charge in [-0.1, -0.05) is 13.8 Å². The molecule has 5 heteroatoms. The van der Waals surface area contributed by atoms with Crippen LogP contribution in [0.2, 0.25) is 0 Å². The number of methoxy groups -OCH3 is 2. The predicted octanol–water partition coefficient (Wildman–Crippen LogP) is 0.330. The number of aliphatic hydroxyl groups excluding tert-OH is 1. The first kappa shape index (κ1) is 17.8. The molecule has 5 nitrogen and oxygen atoms in total. The molecule has 110 valence electrons. The van der Waals surface area contributed by atoms with E-state index >= 15 is 0 Å². The molecule has 1 atom stereocenters. The lowest BCUT2D eigenvalue weighted by molar-refractivity contribution is 0.108. The van der Waals surface area contributed by atoms with Crippen molar-refractivity contribution >= 4 is 0 Å². The summed E-state index contributed by atoms with van der Waals surface area (Å²) in [6, 6.07) is 0.561. The Balaban J connectivity index is 3.96. The Morgan fingerprint density at radius 2 is 1.61 bits per heavy atom. The van der Waals surface area contributed by atoms with Crippen LogP contribution in [0.15, 0.2) is 0 Å². The number of nitrogens with zero attached hydrogens (tertiary/aromatic N) is 1. The molecule has 2 N–H and O–H groups in total. The molecule has 0 aliphatic rings. The average molecular weight is 262 g/mol. The normalized spacial score (nSPS) is 13.5. The van der Waals surface area contributed by atoms with Crippen LogP contribution in [0.25, 0.3) is 0 Å². The first-order valence-corrected chi connectivity index (χ1v) is 6.71. The minimum Gasteiger partial charge on any atom is -0.395 e. The first-order valence-electron chi connectivity index (χ1n) is 6.71. The lowest BCUT2D eigenvalue weighted by atomic mass is 10.2. The molecule has 0 bridgehead atoms. The summed E-state index contributed by atoms with van der Waals surface area (Å²) in [4.78, 5) is 2.30. The van der Waals surface area contributed by atoms with Crippen LogP contribution < -0.4 is 5.32 Å². The van der Waals surface area contributed by atoms with Crippen molar-refractivity contribution in [2.45, 2.75) is 32.4 Å². The van der Waals surface area contributed by atoms with Crippen LogP contribution in [0, 0.1) is 0 Å². The van der Waals surface area contributed by atoms with E-state index in [-0.39, 0.29) is 12.6 Å². The lowest BCUT2D eigenvalue weighted by Gasteiger charge is -2.25. The van der Waals surface area contributed by atoms with Crippen molar-refractivity contribution < 1.29 is 14.6 Å². The van der Waals surface area contributed by atoms with Crippen molar-refractivity contribution in [1.82, 2.24) is 10.2 Å². The highest BCUT2D eigenvalue weighted by molar-refractivity contribution is 4.70. The smallest absolute Gasteiger partial charge is 0.0589 e. The Labute approximate surface area is 111 Å². The Morgan fingerprint density at radius 1 is 1.06 bits per heavy atom. The van der Waals surface area contributed by atoms with Gasteiger partial charge in [0.1, 0.15) is 0 Å². The highest BCUT2D eigenvalue weighted by Crippen LogP contribution is 1.98. The number of nitrogens with one attached hydrogen (secondary N) is 1. The van der Waals surface area contributed by atoms with Crippen molar-refractivity contribution in [3.63, 3.8) is 0 Å². The molecule has 0 aromatic heterocycles. The van der Waals surface area contributed by atoms with E-state index in [1.165, 1.54) is 0 Å². The van der Waals surface area contributed by atoms with Crippen LogP contribution in [0.4, 0.5) is 0 Å². The molecule has 0 spiro atoms. The van der Waals surface area contributed by atoms with E-state index in [0.29, 0.717) is 6.04 Å². The van der Waals surface area contributed by atoms with Crippen molar-refractivity contribution in [3.8, 4) is 0 Å². The quantitative estimate of drug-likeness (QED) is 0.531. The molecular weight excluding hydrogens is 232 g/mol. The van der Waals surface area contributed by atoms with Gasteiger partial charge in [-0.25, -0.2) is 0 Å². The van der Waals surface area contributed by atoms with Gasteiger partial charge in [-0.3, -0.25) is 4.90 Å². The zero-order valence-corrected chi connectivity index (χ0v) is 12.3. The van der Waals surface area contributed by atoms with Gasteiger partial charge in [-0.15, -0.1) is 0 Å². The summed E-state index contributed by atoms with van der Waals surface area (Å²) in [5.41, 5.74) is 0. The van der Waals surface area contributed by atoms with E-state index in [4.69, 9.17) is 9.47 Å². The molecule has 0 aliphatic carbocycles. The maximum Gasteiger partial charge on any atom is 0.0589 e. The second-order valence-corrected chi connectivity index (χ2v) is 4.82. The second-order valence-electron chi connectivity index (χ2n) is 4.82. The summed E-state index contributed by atoms with van der Waals surface area (Å²) in [7, 11) is 3.43. The fraction of sp³-hybridized carbons (Fsp3) is 1.00. The molecule has 0 aromatic carbocycles. The van der Waals surface area contributed by atoms with Crippen molar-refractivity contribution in [2.24, 2.45) is 0 Å². The Bertz CT molecular complexity index is 172. The van der Waals surface area contributed by atoms with Gasteiger partial charge in [0.15, 0.2) is 0 Å². The van der Waals surface area contributed by atoms with Gasteiger partial charge in [0.25, 0.3) is 0 Å². The van der Waals surface area contributed by atoms with E-state index in [1.807, 2.05) is 0 Å². The van der Waals surface area contributed by atoms with Crippen LogP contribution in [0.1, 0.15) is 20.3 Å². The lowest BCUT2D eigenvalue weighted by Crippen LogP contribution is -2.41. The van der Waals surface area contributed by atoms with Gasteiger partial charge in [0, 0.05) is 39.4 Å². The third kappa shape index (κ3) is 9.79. The first-order chi connectivity index (χ1) is 8.63. The largest absolute Gasteiger partial charge is 0.395 e. The van der Waals surface area contributed by atoms with Crippen LogP contribution >= 0.6 is 0 Å². The third-order valence-electron chi connectivity index (χ3n) is 2.81. The fourth-order valence-electron chi connectivity index (χ4n) is 1.81. The maximum absolute atomic E-state index is 9.31. The van der Waals surface area contributed by atoms with E-state index in [9.17, 15) is 5.11 Å². The van der Waals surface area contributed by atoms with Gasteiger partial charge in [-0.05, 0) is 13.0 Å². The number of hydrogen-bond acceptors (Lipinski definition) is 5. The SMILES string of the molecule is COCCN(CCOC)CCC(CO)NC(C)C. The molecule has 0 aromatic rings. The molecule has 0 rings (SSSR count). The molecule has 1 unspecified atom stereocenters. The maximum atomic E-state index is 9.31. The standard InChI is InChI=1S/C13H30N2O3/c1-12(2)14-13(11-16)5-6-15(7-9-17-3)8-10-18-4/h12-14,16H,5-11H2,1-4H3. The molecule has 0 radical (unpaired) electrons. The highest BCUT2D eigenvalue weighted by atomic mass is 16.5. The minimum absolute atomic E-state index is 0.164. The van der Waals surface area contributed by atoms with E-state index < -0.39 is 0 Å². The molecule has 0 aliphatic heterocycles. The van der Waals surface area contributed by atoms with E-state index in [0.717, 1.165) is 39.3 Å². The summed E-state index contributed by atoms with van der Waals surface area (Å²) in [6.45, 7) is 8.57. The molecule has 0 saturated carbocycles. The molecular formula is C13H30N2O3. The zero-order valence-electron chi connectivity index (χ0n) is 12.3. The molecule has 0 saturated heterocycles. The molecule has 0 heterocycles. The van der Waals surface area contributed by atoms with Crippen molar-refractivity contribution in [1.29, 1.82) is 0 Å². The Kier molecular flexibility index (Phi) is 11.7. The van der Waals surface area contributed by atoms with Gasteiger partial charge >= 0.3 is 0 Å². The summed E-state index contributed by atoms with van der Waals surface area (Å²) >= 11 is 0. The molecule has 0 amide bonds. The van der Waals surface area contributed by atoms with Crippen molar-refractivity contribution in [3.05, 3.63) is 0 Å². The fourth-order valence-corrected chi connectivity index (χ4v) is 1.81. The van der Waals surface area contributed by atoms with Gasteiger partial charge < -0.3 is 19.9 Å². The summed E-state index contributed by atoms with van der Waals surface area (Å²) in [5, 5.41) is 12.7. The topological polar surface area (TPSA) is 54.0 Å². The van der Waals surface area contributed by atoms with Crippen LogP contribution in [-0.4, -0.2) is 75.8 Å². The Hall–Kier alpha value is -0.200. The molecule has 18 heavy (non-hydrogen) atoms. The van der Waals surface area contributed by atoms with Crippen LogP contribution in [0.5, 0.6) is 0 Å². The predicted molar refractivity (Wildman–Crippen MR) is 74.0 cm³/mol. The number of rotatable bonds is 12. The number of aliphatic hydroxyl groups is 1. The third-order valence-corrected chi connectivity index (χ3v) is 2.81. The van der Waals surface area contributed by atoms with Gasteiger partial charge in [0.05, 0.1) is 19.8 Å². The second kappa shape index (κ2) is 11.9. The zero-order chi connectivity index (χ0) is 13.8. The monoisotopic (exact) mass is 262 g/mol. The van der Waals surface area contributed by atoms with Crippen LogP contribution in [-0.2, 0) is 9.47 Å². The minimum atomic E-state index is 0.164. The van der Waals surface area contributed by atoms with Gasteiger partial charge in [-0.2, -0.15) is 0 Å².